The summed E-state index contributed by atoms with van der Waals surface area (Å²) in [7, 11) is 1.62. The van der Waals surface area contributed by atoms with Crippen LogP contribution < -0.4 is 4.74 Å². The van der Waals surface area contributed by atoms with Gasteiger partial charge in [-0.15, -0.1) is 11.3 Å². The van der Waals surface area contributed by atoms with Gasteiger partial charge in [0, 0.05) is 5.02 Å². The Balaban J connectivity index is 2.01. The number of rotatable bonds is 3. The molecule has 0 aliphatic heterocycles. The Kier molecular flexibility index (Phi) is 4.10. The number of benzene rings is 2. The third kappa shape index (κ3) is 2.96. The van der Waals surface area contributed by atoms with Crippen molar-refractivity contribution in [1.82, 2.24) is 4.98 Å². The molecular formula is C17H11ClN2OS. The van der Waals surface area contributed by atoms with Gasteiger partial charge in [-0.05, 0) is 42.0 Å². The van der Waals surface area contributed by atoms with E-state index in [-0.39, 0.29) is 0 Å². The number of hydrogen-bond acceptors (Lipinski definition) is 4. The fraction of sp³-hybridized carbons (Fsp3) is 0.0588. The lowest BCUT2D eigenvalue weighted by Crippen LogP contribution is -1.83. The second kappa shape index (κ2) is 6.18. The van der Waals surface area contributed by atoms with Crippen LogP contribution in [0, 0.1) is 11.3 Å². The zero-order chi connectivity index (χ0) is 15.5. The van der Waals surface area contributed by atoms with Crippen LogP contribution in [-0.4, -0.2) is 12.1 Å². The maximum absolute atomic E-state index is 9.42. The molecule has 0 saturated heterocycles. The molecule has 0 saturated carbocycles. The maximum atomic E-state index is 9.42. The predicted molar refractivity (Wildman–Crippen MR) is 91.1 cm³/mol. The summed E-state index contributed by atoms with van der Waals surface area (Å²) in [5.74, 6) is 0.783. The lowest BCUT2D eigenvalue weighted by Gasteiger charge is -1.99. The third-order valence-electron chi connectivity index (χ3n) is 3.13. The number of methoxy groups -OCH3 is 1. The normalized spacial score (nSPS) is 11.4. The molecule has 0 aliphatic rings. The van der Waals surface area contributed by atoms with Gasteiger partial charge in [-0.1, -0.05) is 23.7 Å². The van der Waals surface area contributed by atoms with Gasteiger partial charge in [0.25, 0.3) is 0 Å². The molecule has 2 aromatic carbocycles. The van der Waals surface area contributed by atoms with Gasteiger partial charge < -0.3 is 4.74 Å². The Morgan fingerprint density at radius 1 is 1.27 bits per heavy atom. The maximum Gasteiger partial charge on any atom is 0.135 e. The summed E-state index contributed by atoms with van der Waals surface area (Å²) in [5, 5.41) is 10.7. The number of hydrogen-bond donors (Lipinski definition) is 0. The molecule has 3 aromatic rings. The van der Waals surface area contributed by atoms with E-state index >= 15 is 0 Å². The van der Waals surface area contributed by atoms with E-state index < -0.39 is 0 Å². The quantitative estimate of drug-likeness (QED) is 0.635. The van der Waals surface area contributed by atoms with Crippen LogP contribution in [0.4, 0.5) is 0 Å². The van der Waals surface area contributed by atoms with Crippen LogP contribution >= 0.6 is 22.9 Å². The van der Waals surface area contributed by atoms with Crippen LogP contribution in [0.15, 0.2) is 42.5 Å². The molecule has 5 heteroatoms. The minimum absolute atomic E-state index is 0.530. The number of fused-ring (bicyclic) bond motifs is 1. The fourth-order valence-electron chi connectivity index (χ4n) is 2.02. The van der Waals surface area contributed by atoms with Crippen molar-refractivity contribution in [2.75, 3.05) is 7.11 Å². The van der Waals surface area contributed by atoms with Gasteiger partial charge in [-0.3, -0.25) is 0 Å². The van der Waals surface area contributed by atoms with Gasteiger partial charge in [0.2, 0.25) is 0 Å². The number of nitrogens with zero attached hydrogens (tertiary/aromatic N) is 2. The molecular weight excluding hydrogens is 316 g/mol. The summed E-state index contributed by atoms with van der Waals surface area (Å²) < 4.78 is 6.14. The molecule has 0 radical (unpaired) electrons. The molecule has 0 amide bonds. The highest BCUT2D eigenvalue weighted by Gasteiger charge is 2.09. The minimum atomic E-state index is 0.530. The monoisotopic (exact) mass is 326 g/mol. The van der Waals surface area contributed by atoms with Crippen LogP contribution in [0.3, 0.4) is 0 Å². The first-order valence-corrected chi connectivity index (χ1v) is 7.71. The first-order valence-electron chi connectivity index (χ1n) is 6.52. The predicted octanol–water partition coefficient (Wildman–Crippen LogP) is 5.02. The third-order valence-corrected chi connectivity index (χ3v) is 4.43. The zero-order valence-corrected chi connectivity index (χ0v) is 13.3. The highest BCUT2D eigenvalue weighted by atomic mass is 35.5. The summed E-state index contributed by atoms with van der Waals surface area (Å²) in [6.45, 7) is 0. The molecule has 1 heterocycles. The summed E-state index contributed by atoms with van der Waals surface area (Å²) in [6.07, 6.45) is 1.82. The number of ether oxygens (including phenoxy) is 1. The van der Waals surface area contributed by atoms with E-state index in [0.717, 1.165) is 21.5 Å². The smallest absolute Gasteiger partial charge is 0.135 e. The highest BCUT2D eigenvalue weighted by molar-refractivity contribution is 7.19. The molecule has 22 heavy (non-hydrogen) atoms. The topological polar surface area (TPSA) is 45.9 Å². The van der Waals surface area contributed by atoms with Crippen molar-refractivity contribution >= 4 is 44.8 Å². The van der Waals surface area contributed by atoms with Crippen LogP contribution in [-0.2, 0) is 0 Å². The summed E-state index contributed by atoms with van der Waals surface area (Å²) in [6, 6.07) is 15.3. The Labute approximate surface area is 137 Å². The van der Waals surface area contributed by atoms with Crippen molar-refractivity contribution in [3.05, 3.63) is 58.1 Å². The van der Waals surface area contributed by atoms with Gasteiger partial charge in [0.15, 0.2) is 0 Å². The van der Waals surface area contributed by atoms with Crippen LogP contribution in [0.2, 0.25) is 5.02 Å². The van der Waals surface area contributed by atoms with Gasteiger partial charge in [0.05, 0.1) is 22.9 Å². The van der Waals surface area contributed by atoms with Crippen molar-refractivity contribution in [2.24, 2.45) is 0 Å². The molecule has 0 unspecified atom stereocenters. The highest BCUT2D eigenvalue weighted by Crippen LogP contribution is 2.30. The first kappa shape index (κ1) is 14.6. The number of allylic oxidation sites excluding steroid dienone is 1. The number of thiazole rings is 1. The van der Waals surface area contributed by atoms with Crippen molar-refractivity contribution in [1.29, 1.82) is 5.26 Å². The summed E-state index contributed by atoms with van der Waals surface area (Å²) >= 11 is 7.45. The number of halogens is 1. The van der Waals surface area contributed by atoms with E-state index in [4.69, 9.17) is 16.3 Å². The lowest BCUT2D eigenvalue weighted by atomic mass is 10.1. The summed E-state index contributed by atoms with van der Waals surface area (Å²) in [5.41, 5.74) is 2.26. The van der Waals surface area contributed by atoms with Gasteiger partial charge in [-0.25, -0.2) is 4.98 Å². The molecule has 108 valence electrons. The van der Waals surface area contributed by atoms with Crippen LogP contribution in [0.5, 0.6) is 5.75 Å². The van der Waals surface area contributed by atoms with Gasteiger partial charge >= 0.3 is 0 Å². The van der Waals surface area contributed by atoms with E-state index in [1.54, 1.807) is 13.2 Å². The Hall–Kier alpha value is -2.35. The van der Waals surface area contributed by atoms with Gasteiger partial charge in [-0.2, -0.15) is 5.26 Å². The van der Waals surface area contributed by atoms with Crippen molar-refractivity contribution in [3.63, 3.8) is 0 Å². The van der Waals surface area contributed by atoms with E-state index in [1.165, 1.54) is 11.3 Å². The Bertz CT molecular complexity index is 891. The standard InChI is InChI=1S/C17H11ClN2OS/c1-21-14-5-2-11(3-6-14)8-12(10-19)17-20-15-9-13(18)4-7-16(15)22-17/h2-9H,1H3. The average molecular weight is 327 g/mol. The second-order valence-corrected chi connectivity index (χ2v) is 6.04. The molecule has 0 fully saturated rings. The van der Waals surface area contributed by atoms with E-state index in [2.05, 4.69) is 11.1 Å². The zero-order valence-electron chi connectivity index (χ0n) is 11.7. The van der Waals surface area contributed by atoms with Gasteiger partial charge in [0.1, 0.15) is 16.8 Å². The minimum Gasteiger partial charge on any atom is -0.497 e. The van der Waals surface area contributed by atoms with E-state index in [0.29, 0.717) is 15.6 Å². The number of aromatic nitrogens is 1. The number of nitriles is 1. The SMILES string of the molecule is COc1ccc(C=C(C#N)c2nc3cc(Cl)ccc3s2)cc1. The second-order valence-electron chi connectivity index (χ2n) is 4.57. The largest absolute Gasteiger partial charge is 0.497 e. The average Bonchev–Trinajstić information content (AvgIpc) is 2.96. The molecule has 0 spiro atoms. The molecule has 0 atom stereocenters. The first-order chi connectivity index (χ1) is 10.7. The molecule has 0 N–H and O–H groups in total. The van der Waals surface area contributed by atoms with Crippen LogP contribution in [0.1, 0.15) is 10.6 Å². The molecule has 0 bridgehead atoms. The van der Waals surface area contributed by atoms with Crippen molar-refractivity contribution in [3.8, 4) is 11.8 Å². The van der Waals surface area contributed by atoms with E-state index in [9.17, 15) is 5.26 Å². The molecule has 3 nitrogen and oxygen atoms in total. The Morgan fingerprint density at radius 2 is 2.05 bits per heavy atom. The van der Waals surface area contributed by atoms with Crippen LogP contribution in [0.25, 0.3) is 21.9 Å². The molecule has 1 aromatic heterocycles. The van der Waals surface area contributed by atoms with Crippen molar-refractivity contribution < 1.29 is 4.74 Å². The summed E-state index contributed by atoms with van der Waals surface area (Å²) in [4.78, 5) is 4.49. The molecule has 3 rings (SSSR count). The lowest BCUT2D eigenvalue weighted by molar-refractivity contribution is 0.415. The molecule has 0 aliphatic carbocycles. The fourth-order valence-corrected chi connectivity index (χ4v) is 3.10. The van der Waals surface area contributed by atoms with Crippen molar-refractivity contribution in [2.45, 2.75) is 0 Å². The Morgan fingerprint density at radius 3 is 2.73 bits per heavy atom. The van der Waals surface area contributed by atoms with E-state index in [1.807, 2.05) is 42.5 Å².